The first-order chi connectivity index (χ1) is 11.8. The molecule has 1 aromatic carbocycles. The van der Waals surface area contributed by atoms with E-state index in [1.807, 2.05) is 13.0 Å². The molecule has 3 N–H and O–H groups in total. The number of hydrogen-bond acceptors (Lipinski definition) is 3. The minimum Gasteiger partial charge on any atom is -0.379 e. The first kappa shape index (κ1) is 21.2. The van der Waals surface area contributed by atoms with E-state index in [-0.39, 0.29) is 18.6 Å². The van der Waals surface area contributed by atoms with Crippen molar-refractivity contribution in [2.45, 2.75) is 57.7 Å². The van der Waals surface area contributed by atoms with Crippen molar-refractivity contribution < 1.29 is 14.6 Å². The molecule has 7 heteroatoms. The molecule has 1 aliphatic rings. The first-order valence-electron chi connectivity index (χ1n) is 8.97. The highest BCUT2D eigenvalue weighted by atomic mass is 35.5. The van der Waals surface area contributed by atoms with E-state index in [9.17, 15) is 14.6 Å². The summed E-state index contributed by atoms with van der Waals surface area (Å²) in [4.78, 5) is 10.2. The van der Waals surface area contributed by atoms with Crippen LogP contribution in [-0.2, 0) is 4.57 Å². The summed E-state index contributed by atoms with van der Waals surface area (Å²) in [7, 11) is -3.18. The molecular formula is C18H28Cl2NO3P. The quantitative estimate of drug-likeness (QED) is 0.408. The highest BCUT2D eigenvalue weighted by molar-refractivity contribution is 7.58. The Morgan fingerprint density at radius 2 is 1.92 bits per heavy atom. The molecule has 2 rings (SSSR count). The van der Waals surface area contributed by atoms with E-state index in [1.54, 1.807) is 12.1 Å². The third-order valence-electron chi connectivity index (χ3n) is 4.91. The maximum atomic E-state index is 12.4. The van der Waals surface area contributed by atoms with Gasteiger partial charge in [-0.25, -0.2) is 0 Å². The van der Waals surface area contributed by atoms with Crippen LogP contribution in [0.2, 0.25) is 10.0 Å². The highest BCUT2D eigenvalue weighted by Crippen LogP contribution is 2.46. The van der Waals surface area contributed by atoms with Gasteiger partial charge in [0.1, 0.15) is 6.23 Å². The van der Waals surface area contributed by atoms with E-state index < -0.39 is 13.6 Å². The monoisotopic (exact) mass is 407 g/mol. The van der Waals surface area contributed by atoms with Gasteiger partial charge in [-0.3, -0.25) is 9.88 Å². The highest BCUT2D eigenvalue weighted by Gasteiger charge is 2.26. The predicted molar refractivity (Wildman–Crippen MR) is 105 cm³/mol. The van der Waals surface area contributed by atoms with Crippen LogP contribution in [-0.4, -0.2) is 28.6 Å². The number of halogens is 2. The maximum Gasteiger partial charge on any atom is 0.201 e. The standard InChI is InChI=1S/C18H28Cl2NO3P/c1-13(15-7-8-16(19)17(20)11-15)21-18(22)9-10-25(23,24)12-14-5-3-2-4-6-14/h7-8,11,13-14,18,21-22H,2-6,9-10,12H2,1H3,(H,23,24)/t13-,18?/m1/s1. The Kier molecular flexibility index (Phi) is 8.26. The van der Waals surface area contributed by atoms with Crippen LogP contribution >= 0.6 is 30.6 Å². The summed E-state index contributed by atoms with van der Waals surface area (Å²) in [5, 5.41) is 14.2. The normalized spacial score (nSPS) is 20.8. The number of rotatable bonds is 8. The van der Waals surface area contributed by atoms with E-state index in [0.29, 0.717) is 22.1 Å². The Morgan fingerprint density at radius 3 is 2.56 bits per heavy atom. The van der Waals surface area contributed by atoms with Crippen molar-refractivity contribution in [3.05, 3.63) is 33.8 Å². The van der Waals surface area contributed by atoms with Crippen LogP contribution in [0.4, 0.5) is 0 Å². The summed E-state index contributed by atoms with van der Waals surface area (Å²) in [5.74, 6) is 0.366. The number of nitrogens with one attached hydrogen (secondary N) is 1. The minimum atomic E-state index is -3.18. The van der Waals surface area contributed by atoms with Crippen LogP contribution < -0.4 is 5.32 Å². The molecule has 0 heterocycles. The zero-order valence-corrected chi connectivity index (χ0v) is 17.0. The fourth-order valence-electron chi connectivity index (χ4n) is 3.44. The second kappa shape index (κ2) is 9.73. The van der Waals surface area contributed by atoms with Gasteiger partial charge in [-0.05, 0) is 49.8 Å². The Hall–Kier alpha value is -0.0900. The van der Waals surface area contributed by atoms with Crippen molar-refractivity contribution in [3.8, 4) is 0 Å². The van der Waals surface area contributed by atoms with Crippen molar-refractivity contribution >= 4 is 30.6 Å². The van der Waals surface area contributed by atoms with Gasteiger partial charge in [-0.1, -0.05) is 48.5 Å². The van der Waals surface area contributed by atoms with Gasteiger partial charge in [0.15, 0.2) is 0 Å². The van der Waals surface area contributed by atoms with Gasteiger partial charge in [0.05, 0.1) is 10.0 Å². The Balaban J connectivity index is 1.79. The third-order valence-corrected chi connectivity index (χ3v) is 7.69. The number of hydrogen-bond donors (Lipinski definition) is 3. The molecule has 0 amide bonds. The number of benzene rings is 1. The molecule has 25 heavy (non-hydrogen) atoms. The summed E-state index contributed by atoms with van der Waals surface area (Å²) in [6.07, 6.45) is 5.63. The van der Waals surface area contributed by atoms with Crippen LogP contribution in [0.15, 0.2) is 18.2 Å². The molecule has 0 saturated heterocycles. The second-order valence-electron chi connectivity index (χ2n) is 7.12. The van der Waals surface area contributed by atoms with Crippen LogP contribution in [0.25, 0.3) is 0 Å². The largest absolute Gasteiger partial charge is 0.379 e. The summed E-state index contributed by atoms with van der Waals surface area (Å²) in [6, 6.07) is 5.18. The average Bonchev–Trinajstić information content (AvgIpc) is 2.56. The lowest BCUT2D eigenvalue weighted by molar-refractivity contribution is 0.120. The average molecular weight is 408 g/mol. The fourth-order valence-corrected chi connectivity index (χ4v) is 5.75. The van der Waals surface area contributed by atoms with Gasteiger partial charge < -0.3 is 10.00 Å². The Morgan fingerprint density at radius 1 is 1.24 bits per heavy atom. The van der Waals surface area contributed by atoms with E-state index in [0.717, 1.165) is 31.2 Å². The molecular weight excluding hydrogens is 380 g/mol. The van der Waals surface area contributed by atoms with E-state index >= 15 is 0 Å². The van der Waals surface area contributed by atoms with Gasteiger partial charge in [-0.2, -0.15) is 0 Å². The Labute approximate surface area is 160 Å². The van der Waals surface area contributed by atoms with Crippen molar-refractivity contribution in [3.63, 3.8) is 0 Å². The summed E-state index contributed by atoms with van der Waals surface area (Å²) in [5.41, 5.74) is 0.905. The number of aliphatic hydroxyl groups is 1. The Bertz CT molecular complexity index is 608. The molecule has 0 spiro atoms. The van der Waals surface area contributed by atoms with E-state index in [1.165, 1.54) is 6.42 Å². The molecule has 142 valence electrons. The van der Waals surface area contributed by atoms with Crippen molar-refractivity contribution in [1.82, 2.24) is 5.32 Å². The molecule has 2 unspecified atom stereocenters. The topological polar surface area (TPSA) is 69.6 Å². The van der Waals surface area contributed by atoms with Crippen LogP contribution in [0.1, 0.15) is 57.1 Å². The van der Waals surface area contributed by atoms with Gasteiger partial charge in [0, 0.05) is 18.4 Å². The van der Waals surface area contributed by atoms with Gasteiger partial charge in [0.25, 0.3) is 0 Å². The zero-order valence-electron chi connectivity index (χ0n) is 14.6. The van der Waals surface area contributed by atoms with Gasteiger partial charge >= 0.3 is 0 Å². The molecule has 4 nitrogen and oxygen atoms in total. The fraction of sp³-hybridized carbons (Fsp3) is 0.667. The molecule has 1 aromatic rings. The predicted octanol–water partition coefficient (Wildman–Crippen LogP) is 5.20. The van der Waals surface area contributed by atoms with Crippen molar-refractivity contribution in [1.29, 1.82) is 0 Å². The van der Waals surface area contributed by atoms with Gasteiger partial charge in [0.2, 0.25) is 7.37 Å². The van der Waals surface area contributed by atoms with E-state index in [2.05, 4.69) is 5.32 Å². The van der Waals surface area contributed by atoms with E-state index in [4.69, 9.17) is 23.2 Å². The molecule has 0 aromatic heterocycles. The summed E-state index contributed by atoms with van der Waals surface area (Å²) >= 11 is 11.9. The summed E-state index contributed by atoms with van der Waals surface area (Å²) in [6.45, 7) is 1.91. The molecule has 0 bridgehead atoms. The lowest BCUT2D eigenvalue weighted by Gasteiger charge is -2.25. The molecule has 1 fully saturated rings. The zero-order chi connectivity index (χ0) is 18.4. The van der Waals surface area contributed by atoms with Gasteiger partial charge in [-0.15, -0.1) is 0 Å². The van der Waals surface area contributed by atoms with Crippen LogP contribution in [0.3, 0.4) is 0 Å². The van der Waals surface area contributed by atoms with Crippen molar-refractivity contribution in [2.24, 2.45) is 5.92 Å². The lowest BCUT2D eigenvalue weighted by Crippen LogP contribution is -2.32. The third kappa shape index (κ3) is 7.21. The van der Waals surface area contributed by atoms with Crippen molar-refractivity contribution in [2.75, 3.05) is 12.3 Å². The van der Waals surface area contributed by atoms with Crippen LogP contribution in [0.5, 0.6) is 0 Å². The minimum absolute atomic E-state index is 0.138. The SMILES string of the molecule is C[C@@H](NC(O)CCP(=O)(O)CC1CCCCC1)c1ccc(Cl)c(Cl)c1. The summed E-state index contributed by atoms with van der Waals surface area (Å²) < 4.78 is 12.4. The smallest absolute Gasteiger partial charge is 0.201 e. The molecule has 1 saturated carbocycles. The first-order valence-corrected chi connectivity index (χ1v) is 11.8. The second-order valence-corrected chi connectivity index (χ2v) is 10.4. The van der Waals surface area contributed by atoms with Crippen LogP contribution in [0, 0.1) is 5.92 Å². The molecule has 1 aliphatic carbocycles. The lowest BCUT2D eigenvalue weighted by atomic mass is 9.91. The molecule has 0 aliphatic heterocycles. The number of aliphatic hydroxyl groups excluding tert-OH is 1. The molecule has 3 atom stereocenters. The maximum absolute atomic E-state index is 12.4. The molecule has 0 radical (unpaired) electrons.